The Balaban J connectivity index is 1.52. The van der Waals surface area contributed by atoms with E-state index in [4.69, 9.17) is 0 Å². The number of nitrogens with one attached hydrogen (secondary N) is 1. The van der Waals surface area contributed by atoms with E-state index in [2.05, 4.69) is 15.3 Å². The fourth-order valence-corrected chi connectivity index (χ4v) is 4.07. The van der Waals surface area contributed by atoms with E-state index in [0.29, 0.717) is 25.8 Å². The van der Waals surface area contributed by atoms with Crippen molar-refractivity contribution in [3.63, 3.8) is 0 Å². The molecule has 0 bridgehead atoms. The molecule has 2 atom stereocenters. The molecule has 0 spiro atoms. The molecular weight excluding hydrogens is 338 g/mol. The second kappa shape index (κ2) is 8.20. The Hall–Kier alpha value is -2.28. The minimum Gasteiger partial charge on any atom is -0.481 e. The molecule has 7 heteroatoms. The molecule has 0 aromatic carbocycles. The van der Waals surface area contributed by atoms with Crippen LogP contribution in [-0.2, 0) is 16.0 Å². The van der Waals surface area contributed by atoms with Crippen LogP contribution in [0.5, 0.6) is 0 Å². The fraction of sp³-hybridized carbons (Fsp3) is 0.444. The molecule has 1 aliphatic carbocycles. The Bertz CT molecular complexity index is 732. The number of hydrogen-bond donors (Lipinski definition) is 2. The summed E-state index contributed by atoms with van der Waals surface area (Å²) in [5, 5.41) is 15.1. The number of rotatable bonds is 6. The number of thiazole rings is 1. The van der Waals surface area contributed by atoms with Gasteiger partial charge in [-0.3, -0.25) is 14.6 Å². The molecule has 2 heterocycles. The normalized spacial score (nSPS) is 20.2. The molecule has 6 nitrogen and oxygen atoms in total. The number of carbonyl (C=O) groups is 2. The van der Waals surface area contributed by atoms with Gasteiger partial charge >= 0.3 is 5.97 Å². The molecule has 132 valence electrons. The zero-order chi connectivity index (χ0) is 17.6. The van der Waals surface area contributed by atoms with Crippen LogP contribution in [0.1, 0.15) is 31.4 Å². The number of nitrogens with zero attached hydrogens (tertiary/aromatic N) is 2. The summed E-state index contributed by atoms with van der Waals surface area (Å²) in [6.45, 7) is 0.470. The van der Waals surface area contributed by atoms with Crippen LogP contribution < -0.4 is 5.32 Å². The van der Waals surface area contributed by atoms with Gasteiger partial charge in [0.2, 0.25) is 5.91 Å². The van der Waals surface area contributed by atoms with Crippen molar-refractivity contribution in [1.29, 1.82) is 0 Å². The molecule has 25 heavy (non-hydrogen) atoms. The summed E-state index contributed by atoms with van der Waals surface area (Å²) in [7, 11) is 0. The van der Waals surface area contributed by atoms with Gasteiger partial charge in [0.05, 0.1) is 17.5 Å². The largest absolute Gasteiger partial charge is 0.481 e. The number of aliphatic carboxylic acids is 1. The van der Waals surface area contributed by atoms with Crippen LogP contribution in [0.4, 0.5) is 0 Å². The van der Waals surface area contributed by atoms with E-state index in [-0.39, 0.29) is 5.91 Å². The van der Waals surface area contributed by atoms with E-state index < -0.39 is 17.8 Å². The molecular formula is C18H21N3O3S. The summed E-state index contributed by atoms with van der Waals surface area (Å²) in [4.78, 5) is 32.3. The van der Waals surface area contributed by atoms with E-state index >= 15 is 0 Å². The third kappa shape index (κ3) is 4.42. The number of hydrogen-bond acceptors (Lipinski definition) is 5. The van der Waals surface area contributed by atoms with Gasteiger partial charge in [0.15, 0.2) is 0 Å². The fourth-order valence-electron chi connectivity index (χ4n) is 3.23. The summed E-state index contributed by atoms with van der Waals surface area (Å²) >= 11 is 1.55. The van der Waals surface area contributed by atoms with Gasteiger partial charge in [0.25, 0.3) is 0 Å². The van der Waals surface area contributed by atoms with Gasteiger partial charge in [-0.2, -0.15) is 0 Å². The third-order valence-electron chi connectivity index (χ3n) is 4.56. The minimum atomic E-state index is -0.861. The smallest absolute Gasteiger partial charge is 0.307 e. The van der Waals surface area contributed by atoms with Crippen LogP contribution in [0.25, 0.3) is 10.6 Å². The maximum Gasteiger partial charge on any atom is 0.307 e. The predicted molar refractivity (Wildman–Crippen MR) is 95.1 cm³/mol. The Morgan fingerprint density at radius 3 is 2.80 bits per heavy atom. The van der Waals surface area contributed by atoms with Crippen molar-refractivity contribution >= 4 is 23.2 Å². The molecule has 0 unspecified atom stereocenters. The monoisotopic (exact) mass is 359 g/mol. The molecule has 1 saturated carbocycles. The predicted octanol–water partition coefficient (Wildman–Crippen LogP) is 2.75. The molecule has 1 fully saturated rings. The Morgan fingerprint density at radius 2 is 2.08 bits per heavy atom. The first-order chi connectivity index (χ1) is 12.1. The third-order valence-corrected chi connectivity index (χ3v) is 5.50. The van der Waals surface area contributed by atoms with E-state index in [0.717, 1.165) is 29.1 Å². The Labute approximate surface area is 150 Å². The number of carboxylic acid groups (broad SMARTS) is 1. The molecule has 2 N–H and O–H groups in total. The summed E-state index contributed by atoms with van der Waals surface area (Å²) in [5.41, 5.74) is 1.90. The van der Waals surface area contributed by atoms with Crippen molar-refractivity contribution in [3.8, 4) is 10.6 Å². The van der Waals surface area contributed by atoms with Crippen molar-refractivity contribution in [1.82, 2.24) is 15.3 Å². The maximum absolute atomic E-state index is 12.3. The first-order valence-electron chi connectivity index (χ1n) is 8.50. The van der Waals surface area contributed by atoms with Gasteiger partial charge in [0, 0.05) is 36.3 Å². The lowest BCUT2D eigenvalue weighted by Crippen LogP contribution is -2.40. The molecule has 0 radical (unpaired) electrons. The van der Waals surface area contributed by atoms with Crippen LogP contribution in [0.2, 0.25) is 0 Å². The van der Waals surface area contributed by atoms with Gasteiger partial charge in [-0.05, 0) is 25.0 Å². The number of pyridine rings is 1. The van der Waals surface area contributed by atoms with E-state index in [1.165, 1.54) is 0 Å². The second-order valence-corrected chi connectivity index (χ2v) is 7.12. The highest BCUT2D eigenvalue weighted by Gasteiger charge is 2.35. The summed E-state index contributed by atoms with van der Waals surface area (Å²) < 4.78 is 0. The van der Waals surface area contributed by atoms with Crippen molar-refractivity contribution in [2.75, 3.05) is 6.54 Å². The Morgan fingerprint density at radius 1 is 1.28 bits per heavy atom. The van der Waals surface area contributed by atoms with Crippen LogP contribution in [-0.4, -0.2) is 33.5 Å². The average Bonchev–Trinajstić information content (AvgIpc) is 3.11. The van der Waals surface area contributed by atoms with Gasteiger partial charge in [-0.1, -0.05) is 12.8 Å². The van der Waals surface area contributed by atoms with Gasteiger partial charge in [-0.15, -0.1) is 11.3 Å². The average molecular weight is 359 g/mol. The molecule has 0 aliphatic heterocycles. The summed E-state index contributed by atoms with van der Waals surface area (Å²) in [5.74, 6) is -1.96. The topological polar surface area (TPSA) is 92.2 Å². The highest BCUT2D eigenvalue weighted by molar-refractivity contribution is 7.13. The molecule has 2 aromatic rings. The van der Waals surface area contributed by atoms with Crippen molar-refractivity contribution in [3.05, 3.63) is 35.6 Å². The van der Waals surface area contributed by atoms with Crippen LogP contribution >= 0.6 is 11.3 Å². The van der Waals surface area contributed by atoms with Crippen molar-refractivity contribution < 1.29 is 14.7 Å². The number of aromatic nitrogens is 2. The number of carboxylic acids is 1. The minimum absolute atomic E-state index is 0.144. The van der Waals surface area contributed by atoms with E-state index in [1.807, 2.05) is 17.5 Å². The second-order valence-electron chi connectivity index (χ2n) is 6.26. The van der Waals surface area contributed by atoms with Gasteiger partial charge in [-0.25, -0.2) is 4.98 Å². The zero-order valence-electron chi connectivity index (χ0n) is 13.9. The summed E-state index contributed by atoms with van der Waals surface area (Å²) in [6, 6.07) is 3.84. The van der Waals surface area contributed by atoms with Gasteiger partial charge in [0.1, 0.15) is 5.01 Å². The molecule has 0 saturated heterocycles. The molecule has 1 amide bonds. The maximum atomic E-state index is 12.3. The zero-order valence-corrected chi connectivity index (χ0v) is 14.7. The van der Waals surface area contributed by atoms with E-state index in [1.54, 1.807) is 23.7 Å². The lowest BCUT2D eigenvalue weighted by Gasteiger charge is -2.27. The lowest BCUT2D eigenvalue weighted by molar-refractivity contribution is -0.148. The van der Waals surface area contributed by atoms with Crippen molar-refractivity contribution in [2.24, 2.45) is 11.8 Å². The Kier molecular flexibility index (Phi) is 5.75. The number of carbonyl (C=O) groups excluding carboxylic acids is 1. The lowest BCUT2D eigenvalue weighted by atomic mass is 9.78. The number of amides is 1. The molecule has 2 aromatic heterocycles. The highest BCUT2D eigenvalue weighted by atomic mass is 32.1. The van der Waals surface area contributed by atoms with E-state index in [9.17, 15) is 14.7 Å². The first-order valence-corrected chi connectivity index (χ1v) is 9.38. The quantitative estimate of drug-likeness (QED) is 0.827. The van der Waals surface area contributed by atoms with Crippen LogP contribution in [0.3, 0.4) is 0 Å². The first kappa shape index (κ1) is 17.5. The van der Waals surface area contributed by atoms with Crippen LogP contribution in [0, 0.1) is 11.8 Å². The molecule has 3 rings (SSSR count). The van der Waals surface area contributed by atoms with Gasteiger partial charge < -0.3 is 10.4 Å². The SMILES string of the molecule is O=C(O)[C@@H]1CCCC[C@H]1C(=O)NCCc1csc(-c2cccnc2)n1. The summed E-state index contributed by atoms with van der Waals surface area (Å²) in [6.07, 6.45) is 7.19. The van der Waals surface area contributed by atoms with Crippen LogP contribution in [0.15, 0.2) is 29.9 Å². The van der Waals surface area contributed by atoms with Crippen molar-refractivity contribution in [2.45, 2.75) is 32.1 Å². The molecule has 1 aliphatic rings. The highest BCUT2D eigenvalue weighted by Crippen LogP contribution is 2.30. The standard InChI is InChI=1S/C18H21N3O3S/c22-16(14-5-1-2-6-15(14)18(23)24)20-9-7-13-11-25-17(21-13)12-4-3-8-19-10-12/h3-4,8,10-11,14-15H,1-2,5-7,9H2,(H,20,22)(H,23,24)/t14-,15-/m1/s1.